The van der Waals surface area contributed by atoms with Crippen LogP contribution in [-0.2, 0) is 17.8 Å². The van der Waals surface area contributed by atoms with Crippen LogP contribution in [0, 0.1) is 0 Å². The van der Waals surface area contributed by atoms with Crippen LogP contribution in [0.3, 0.4) is 0 Å². The van der Waals surface area contributed by atoms with Crippen molar-refractivity contribution >= 4 is 43.5 Å². The molecule has 0 fully saturated rings. The van der Waals surface area contributed by atoms with Crippen molar-refractivity contribution in [2.45, 2.75) is 37.5 Å². The van der Waals surface area contributed by atoms with Crippen molar-refractivity contribution in [1.82, 2.24) is 15.0 Å². The van der Waals surface area contributed by atoms with Gasteiger partial charge in [0.1, 0.15) is 16.2 Å². The van der Waals surface area contributed by atoms with E-state index in [0.29, 0.717) is 6.61 Å². The minimum absolute atomic E-state index is 0.196. The fourth-order valence-corrected chi connectivity index (χ4v) is 5.62. The molecule has 0 aliphatic carbocycles. The average molecular weight is 394 g/mol. The number of rotatable bonds is 2. The molecule has 4 aromatic rings. The third-order valence-corrected chi connectivity index (χ3v) is 6.94. The van der Waals surface area contributed by atoms with E-state index in [9.17, 15) is 0 Å². The summed E-state index contributed by atoms with van der Waals surface area (Å²) in [5.41, 5.74) is 5.50. The molecule has 1 aliphatic rings. The van der Waals surface area contributed by atoms with Gasteiger partial charge in [0.2, 0.25) is 0 Å². The minimum Gasteiger partial charge on any atom is -0.370 e. The van der Waals surface area contributed by atoms with Crippen molar-refractivity contribution in [1.29, 1.82) is 0 Å². The SMILES string of the molecule is CSc1ncnc2c1sc1nc(-c3ccccc3)c3c(c12)CC(C)(C)OC3. The topological polar surface area (TPSA) is 47.9 Å². The first-order valence-corrected chi connectivity index (χ1v) is 10.9. The van der Waals surface area contributed by atoms with Gasteiger partial charge in [-0.05, 0) is 25.7 Å². The zero-order chi connectivity index (χ0) is 18.6. The molecule has 0 unspecified atom stereocenters. The molecular formula is C21H19N3OS2. The second kappa shape index (κ2) is 6.26. The zero-order valence-corrected chi connectivity index (χ0v) is 17.1. The van der Waals surface area contributed by atoms with Crippen LogP contribution in [0.15, 0.2) is 41.7 Å². The molecule has 0 saturated heterocycles. The summed E-state index contributed by atoms with van der Waals surface area (Å²) >= 11 is 3.36. The first-order chi connectivity index (χ1) is 13.1. The number of nitrogens with zero attached hydrogens (tertiary/aromatic N) is 3. The van der Waals surface area contributed by atoms with Crippen molar-refractivity contribution in [2.24, 2.45) is 0 Å². The lowest BCUT2D eigenvalue weighted by atomic mass is 9.88. The molecular weight excluding hydrogens is 374 g/mol. The van der Waals surface area contributed by atoms with Crippen molar-refractivity contribution in [3.8, 4) is 11.3 Å². The third kappa shape index (κ3) is 2.74. The Labute approximate surface area is 166 Å². The van der Waals surface area contributed by atoms with E-state index in [1.807, 2.05) is 6.07 Å². The molecule has 0 N–H and O–H groups in total. The number of fused-ring (bicyclic) bond motifs is 5. The molecule has 6 heteroatoms. The summed E-state index contributed by atoms with van der Waals surface area (Å²) in [6.45, 7) is 4.88. The van der Waals surface area contributed by atoms with Crippen LogP contribution in [0.2, 0.25) is 0 Å². The second-order valence-corrected chi connectivity index (χ2v) is 9.15. The molecule has 4 nitrogen and oxygen atoms in total. The fraction of sp³-hybridized carbons (Fsp3) is 0.286. The van der Waals surface area contributed by atoms with E-state index in [2.05, 4.69) is 54.3 Å². The van der Waals surface area contributed by atoms with E-state index in [-0.39, 0.29) is 5.60 Å². The van der Waals surface area contributed by atoms with Gasteiger partial charge in [-0.25, -0.2) is 15.0 Å². The first kappa shape index (κ1) is 17.1. The van der Waals surface area contributed by atoms with Crippen molar-refractivity contribution in [2.75, 3.05) is 6.26 Å². The summed E-state index contributed by atoms with van der Waals surface area (Å²) < 4.78 is 7.29. The highest BCUT2D eigenvalue weighted by Crippen LogP contribution is 2.44. The molecule has 27 heavy (non-hydrogen) atoms. The van der Waals surface area contributed by atoms with Crippen LogP contribution >= 0.6 is 23.1 Å². The smallest absolute Gasteiger partial charge is 0.127 e. The van der Waals surface area contributed by atoms with Crippen LogP contribution in [0.25, 0.3) is 31.7 Å². The lowest BCUT2D eigenvalue weighted by Gasteiger charge is -2.33. The molecule has 0 amide bonds. The van der Waals surface area contributed by atoms with Gasteiger partial charge < -0.3 is 4.74 Å². The van der Waals surface area contributed by atoms with E-state index in [1.54, 1.807) is 29.4 Å². The van der Waals surface area contributed by atoms with Gasteiger partial charge in [-0.15, -0.1) is 23.1 Å². The molecule has 1 aliphatic heterocycles. The average Bonchev–Trinajstić information content (AvgIpc) is 3.06. The Morgan fingerprint density at radius 2 is 1.93 bits per heavy atom. The lowest BCUT2D eigenvalue weighted by molar-refractivity contribution is -0.0394. The standard InChI is InChI=1S/C21H19N3OS2/c1-21(2)9-13-14(10-25-21)16(12-7-5-4-6-8-12)24-19-15(13)17-18(27-19)20(26-3)23-11-22-17/h4-8,11H,9-10H2,1-3H3. The van der Waals surface area contributed by atoms with Gasteiger partial charge in [0, 0.05) is 22.9 Å². The van der Waals surface area contributed by atoms with Crippen LogP contribution in [0.5, 0.6) is 0 Å². The van der Waals surface area contributed by atoms with Gasteiger partial charge in [0.05, 0.1) is 28.1 Å². The van der Waals surface area contributed by atoms with Gasteiger partial charge in [-0.2, -0.15) is 0 Å². The predicted molar refractivity (Wildman–Crippen MR) is 113 cm³/mol. The normalized spacial score (nSPS) is 16.0. The van der Waals surface area contributed by atoms with E-state index in [0.717, 1.165) is 37.8 Å². The number of thiophene rings is 1. The maximum Gasteiger partial charge on any atom is 0.127 e. The number of hydrogen-bond donors (Lipinski definition) is 0. The molecule has 5 rings (SSSR count). The maximum atomic E-state index is 6.16. The third-order valence-electron chi connectivity index (χ3n) is 5.04. The summed E-state index contributed by atoms with van der Waals surface area (Å²) in [6, 6.07) is 10.4. The summed E-state index contributed by atoms with van der Waals surface area (Å²) in [6.07, 6.45) is 4.58. The predicted octanol–water partition coefficient (Wildman–Crippen LogP) is 5.48. The van der Waals surface area contributed by atoms with Gasteiger partial charge in [0.25, 0.3) is 0 Å². The van der Waals surface area contributed by atoms with Crippen LogP contribution in [0.4, 0.5) is 0 Å². The molecule has 0 atom stereocenters. The van der Waals surface area contributed by atoms with Crippen LogP contribution < -0.4 is 0 Å². The van der Waals surface area contributed by atoms with Crippen molar-refractivity contribution in [3.05, 3.63) is 47.8 Å². The Morgan fingerprint density at radius 1 is 1.11 bits per heavy atom. The fourth-order valence-electron chi connectivity index (χ4n) is 3.77. The Balaban J connectivity index is 1.90. The highest BCUT2D eigenvalue weighted by atomic mass is 32.2. The first-order valence-electron chi connectivity index (χ1n) is 8.90. The number of benzene rings is 1. The number of thioether (sulfide) groups is 1. The Hall–Kier alpha value is -2.02. The number of aromatic nitrogens is 3. The number of ether oxygens (including phenoxy) is 1. The molecule has 4 heterocycles. The molecule has 0 spiro atoms. The molecule has 0 bridgehead atoms. The second-order valence-electron chi connectivity index (χ2n) is 7.35. The molecule has 0 saturated carbocycles. The number of hydrogen-bond acceptors (Lipinski definition) is 6. The monoisotopic (exact) mass is 393 g/mol. The van der Waals surface area contributed by atoms with E-state index < -0.39 is 0 Å². The Kier molecular flexibility index (Phi) is 3.96. The highest BCUT2D eigenvalue weighted by molar-refractivity contribution is 7.98. The largest absolute Gasteiger partial charge is 0.370 e. The maximum absolute atomic E-state index is 6.16. The van der Waals surface area contributed by atoms with Gasteiger partial charge in [0.15, 0.2) is 0 Å². The summed E-state index contributed by atoms with van der Waals surface area (Å²) in [5, 5.41) is 2.20. The summed E-state index contributed by atoms with van der Waals surface area (Å²) in [5.74, 6) is 0. The van der Waals surface area contributed by atoms with E-state index in [4.69, 9.17) is 9.72 Å². The lowest BCUT2D eigenvalue weighted by Crippen LogP contribution is -2.32. The van der Waals surface area contributed by atoms with Crippen molar-refractivity contribution in [3.63, 3.8) is 0 Å². The van der Waals surface area contributed by atoms with E-state index in [1.165, 1.54) is 16.5 Å². The van der Waals surface area contributed by atoms with E-state index >= 15 is 0 Å². The van der Waals surface area contributed by atoms with Gasteiger partial charge >= 0.3 is 0 Å². The molecule has 1 aromatic carbocycles. The molecule has 0 radical (unpaired) electrons. The quantitative estimate of drug-likeness (QED) is 0.333. The minimum atomic E-state index is -0.196. The molecule has 3 aromatic heterocycles. The van der Waals surface area contributed by atoms with Gasteiger partial charge in [-0.3, -0.25) is 0 Å². The van der Waals surface area contributed by atoms with Gasteiger partial charge in [-0.1, -0.05) is 30.3 Å². The zero-order valence-electron chi connectivity index (χ0n) is 15.4. The van der Waals surface area contributed by atoms with Crippen LogP contribution in [0.1, 0.15) is 25.0 Å². The Bertz CT molecular complexity index is 1170. The highest BCUT2D eigenvalue weighted by Gasteiger charge is 2.32. The summed E-state index contributed by atoms with van der Waals surface area (Å²) in [4.78, 5) is 15.2. The van der Waals surface area contributed by atoms with Crippen molar-refractivity contribution < 1.29 is 4.74 Å². The van der Waals surface area contributed by atoms with Crippen LogP contribution in [-0.4, -0.2) is 26.8 Å². The molecule has 136 valence electrons. The summed E-state index contributed by atoms with van der Waals surface area (Å²) in [7, 11) is 0. The number of pyridine rings is 1. The Morgan fingerprint density at radius 3 is 2.70 bits per heavy atom.